The van der Waals surface area contributed by atoms with E-state index in [1.165, 1.54) is 5.57 Å². The lowest BCUT2D eigenvalue weighted by Gasteiger charge is -2.70. The highest BCUT2D eigenvalue weighted by Gasteiger charge is 2.70. The van der Waals surface area contributed by atoms with Crippen LogP contribution in [-0.2, 0) is 14.4 Å². The standard InChI is InChI=1S/C38H49NO6/c1-33(2)27-12-15-38(7)29(36(27,5)14-13-28(33)41)26(40)20-24-25-21-35(4,17-16-34(25,3)18-19-37(24,38)6)32(44)45-39-30(42)22-10-8-9-11-23(22)31(39)43/h8-11,20,25,27-29,41H,12-19,21H2,1-7H3/t25-,27-,28-,29+,34+,35?,36-,37+,38+/m0/s1. The van der Waals surface area contributed by atoms with Gasteiger partial charge in [-0.3, -0.25) is 14.4 Å². The Hall–Kier alpha value is -2.80. The minimum atomic E-state index is -0.910. The van der Waals surface area contributed by atoms with Crippen molar-refractivity contribution in [1.82, 2.24) is 5.06 Å². The van der Waals surface area contributed by atoms with Crippen LogP contribution < -0.4 is 0 Å². The molecular formula is C38H49NO6. The van der Waals surface area contributed by atoms with Gasteiger partial charge < -0.3 is 9.94 Å². The molecule has 45 heavy (non-hydrogen) atoms. The van der Waals surface area contributed by atoms with Crippen LogP contribution in [0.4, 0.5) is 0 Å². The first-order chi connectivity index (χ1) is 20.9. The lowest BCUT2D eigenvalue weighted by atomic mass is 9.33. The molecule has 7 nitrogen and oxygen atoms in total. The molecule has 1 aliphatic heterocycles. The van der Waals surface area contributed by atoms with Crippen LogP contribution in [0.3, 0.4) is 0 Å². The SMILES string of the molecule is CC1(C(=O)ON2C(=O)c3ccccc3C2=O)CC[C@]2(C)CC[C@]3(C)C(=CC(=O)[C@@H]4[C@@]5(C)CC[C@H](O)C(C)(C)[C@@H]5CC[C@]43C)[C@@H]2C1. The van der Waals surface area contributed by atoms with E-state index in [1.807, 2.05) is 13.0 Å². The number of allylic oxidation sites excluding steroid dienone is 2. The first-order valence-electron chi connectivity index (χ1n) is 17.1. The number of fused-ring (bicyclic) bond motifs is 8. The normalized spacial score (nSPS) is 45.0. The monoisotopic (exact) mass is 615 g/mol. The van der Waals surface area contributed by atoms with Crippen LogP contribution in [0.25, 0.3) is 0 Å². The molecule has 1 unspecified atom stereocenters. The Morgan fingerprint density at radius 3 is 2.11 bits per heavy atom. The van der Waals surface area contributed by atoms with Gasteiger partial charge in [-0.2, -0.15) is 0 Å². The summed E-state index contributed by atoms with van der Waals surface area (Å²) in [6, 6.07) is 6.53. The molecular weight excluding hydrogens is 566 g/mol. The summed E-state index contributed by atoms with van der Waals surface area (Å²) in [4.78, 5) is 60.1. The van der Waals surface area contributed by atoms with Crippen molar-refractivity contribution in [3.05, 3.63) is 47.0 Å². The Labute approximate surface area is 267 Å². The molecule has 0 radical (unpaired) electrons. The summed E-state index contributed by atoms with van der Waals surface area (Å²) >= 11 is 0. The average molecular weight is 616 g/mol. The van der Waals surface area contributed by atoms with Gasteiger partial charge in [0.25, 0.3) is 11.8 Å². The molecule has 5 aliphatic carbocycles. The van der Waals surface area contributed by atoms with Crippen LogP contribution in [0.2, 0.25) is 0 Å². The lowest BCUT2D eigenvalue weighted by Crippen LogP contribution is -2.66. The van der Waals surface area contributed by atoms with Gasteiger partial charge in [0.2, 0.25) is 0 Å². The number of benzene rings is 1. The van der Waals surface area contributed by atoms with Gasteiger partial charge in [-0.15, -0.1) is 0 Å². The summed E-state index contributed by atoms with van der Waals surface area (Å²) in [5, 5.41) is 11.6. The number of hydrogen-bond acceptors (Lipinski definition) is 6. The molecule has 9 atom stereocenters. The molecule has 1 N–H and O–H groups in total. The van der Waals surface area contributed by atoms with Crippen LogP contribution in [0, 0.1) is 50.2 Å². The summed E-state index contributed by atoms with van der Waals surface area (Å²) in [5.41, 5.74) is -0.139. The van der Waals surface area contributed by atoms with Gasteiger partial charge in [0.15, 0.2) is 5.78 Å². The molecule has 7 rings (SSSR count). The zero-order chi connectivity index (χ0) is 32.5. The second-order valence-corrected chi connectivity index (χ2v) is 17.5. The highest BCUT2D eigenvalue weighted by atomic mass is 16.7. The summed E-state index contributed by atoms with van der Waals surface area (Å²) in [5.74, 6) is -1.38. The Balaban J connectivity index is 1.21. The molecule has 2 amide bonds. The van der Waals surface area contributed by atoms with Crippen molar-refractivity contribution in [2.75, 3.05) is 0 Å². The maximum absolute atomic E-state index is 14.6. The Morgan fingerprint density at radius 1 is 0.844 bits per heavy atom. The minimum absolute atomic E-state index is 0.0154. The Kier molecular flexibility index (Phi) is 6.43. The van der Waals surface area contributed by atoms with E-state index in [9.17, 15) is 24.3 Å². The van der Waals surface area contributed by atoms with E-state index in [2.05, 4.69) is 41.5 Å². The zero-order valence-electron chi connectivity index (χ0n) is 28.0. The summed E-state index contributed by atoms with van der Waals surface area (Å²) in [6.45, 7) is 15.7. The number of hydroxylamine groups is 2. The number of nitrogens with zero attached hydrogens (tertiary/aromatic N) is 1. The van der Waals surface area contributed by atoms with Crippen LogP contribution in [0.5, 0.6) is 0 Å². The number of amides is 2. The summed E-state index contributed by atoms with van der Waals surface area (Å²) in [7, 11) is 0. The topological polar surface area (TPSA) is 101 Å². The van der Waals surface area contributed by atoms with Crippen LogP contribution in [0.1, 0.15) is 127 Å². The predicted octanol–water partition coefficient (Wildman–Crippen LogP) is 7.08. The van der Waals surface area contributed by atoms with E-state index in [0.717, 1.165) is 44.9 Å². The molecule has 4 saturated carbocycles. The molecule has 1 aromatic rings. The number of aliphatic hydroxyl groups is 1. The van der Waals surface area contributed by atoms with Crippen molar-refractivity contribution in [2.24, 2.45) is 50.2 Å². The predicted molar refractivity (Wildman–Crippen MR) is 168 cm³/mol. The average Bonchev–Trinajstić information content (AvgIpc) is 3.22. The van der Waals surface area contributed by atoms with Crippen LogP contribution in [0.15, 0.2) is 35.9 Å². The number of aliphatic hydroxyl groups excluding tert-OH is 1. The molecule has 1 aromatic carbocycles. The first-order valence-corrected chi connectivity index (χ1v) is 17.1. The fourth-order valence-electron chi connectivity index (χ4n) is 11.8. The highest BCUT2D eigenvalue weighted by molar-refractivity contribution is 6.20. The van der Waals surface area contributed by atoms with Crippen molar-refractivity contribution in [1.29, 1.82) is 0 Å². The summed E-state index contributed by atoms with van der Waals surface area (Å²) in [6.07, 6.45) is 9.10. The lowest BCUT2D eigenvalue weighted by molar-refractivity contribution is -0.203. The number of ketones is 1. The van der Waals surface area contributed by atoms with Gasteiger partial charge in [0.05, 0.1) is 22.6 Å². The molecule has 6 aliphatic rings. The Morgan fingerprint density at radius 2 is 1.47 bits per heavy atom. The van der Waals surface area contributed by atoms with Gasteiger partial charge in [-0.1, -0.05) is 64.3 Å². The van der Waals surface area contributed by atoms with E-state index in [4.69, 9.17) is 4.84 Å². The maximum atomic E-state index is 14.6. The molecule has 0 spiro atoms. The number of carbonyl (C=O) groups excluding carboxylic acids is 4. The first kappa shape index (κ1) is 30.8. The summed E-state index contributed by atoms with van der Waals surface area (Å²) < 4.78 is 0. The van der Waals surface area contributed by atoms with E-state index >= 15 is 0 Å². The molecule has 242 valence electrons. The third-order valence-electron chi connectivity index (χ3n) is 15.0. The minimum Gasteiger partial charge on any atom is -0.393 e. The van der Waals surface area contributed by atoms with Crippen molar-refractivity contribution in [2.45, 2.75) is 112 Å². The maximum Gasteiger partial charge on any atom is 0.339 e. The molecule has 7 heteroatoms. The fourth-order valence-corrected chi connectivity index (χ4v) is 11.8. The molecule has 1 heterocycles. The molecule has 0 bridgehead atoms. The van der Waals surface area contributed by atoms with Crippen LogP contribution in [-0.4, -0.2) is 39.8 Å². The van der Waals surface area contributed by atoms with Gasteiger partial charge in [0, 0.05) is 5.92 Å². The molecule has 0 saturated heterocycles. The number of rotatable bonds is 2. The second-order valence-electron chi connectivity index (χ2n) is 17.5. The van der Waals surface area contributed by atoms with E-state index in [0.29, 0.717) is 17.9 Å². The van der Waals surface area contributed by atoms with Gasteiger partial charge in [0.1, 0.15) is 0 Å². The van der Waals surface area contributed by atoms with Gasteiger partial charge in [-0.05, 0) is 122 Å². The van der Waals surface area contributed by atoms with E-state index in [1.54, 1.807) is 24.3 Å². The number of carbonyl (C=O) groups is 4. The fraction of sp³-hybridized carbons (Fsp3) is 0.684. The molecule has 4 fully saturated rings. The zero-order valence-corrected chi connectivity index (χ0v) is 28.0. The van der Waals surface area contributed by atoms with Crippen molar-refractivity contribution >= 4 is 23.6 Å². The van der Waals surface area contributed by atoms with Gasteiger partial charge >= 0.3 is 5.97 Å². The number of hydrogen-bond donors (Lipinski definition) is 1. The van der Waals surface area contributed by atoms with Crippen molar-refractivity contribution in [3.8, 4) is 0 Å². The van der Waals surface area contributed by atoms with E-state index in [-0.39, 0.29) is 67.8 Å². The van der Waals surface area contributed by atoms with Crippen molar-refractivity contribution < 1.29 is 29.1 Å². The quantitative estimate of drug-likeness (QED) is 0.357. The molecule has 0 aromatic heterocycles. The largest absolute Gasteiger partial charge is 0.393 e. The van der Waals surface area contributed by atoms with Crippen LogP contribution >= 0.6 is 0 Å². The third kappa shape index (κ3) is 3.85. The highest BCUT2D eigenvalue weighted by Crippen LogP contribution is 2.75. The second kappa shape index (κ2) is 9.39. The third-order valence-corrected chi connectivity index (χ3v) is 15.0. The Bertz CT molecular complexity index is 1530. The number of imide groups is 1. The smallest absolute Gasteiger partial charge is 0.339 e. The van der Waals surface area contributed by atoms with Gasteiger partial charge in [-0.25, -0.2) is 4.79 Å². The van der Waals surface area contributed by atoms with E-state index < -0.39 is 23.2 Å². The van der Waals surface area contributed by atoms with Crippen molar-refractivity contribution in [3.63, 3.8) is 0 Å².